The Balaban J connectivity index is 2.18. The highest BCUT2D eigenvalue weighted by molar-refractivity contribution is 14.1. The summed E-state index contributed by atoms with van der Waals surface area (Å²) in [5.74, 6) is -0.469. The van der Waals surface area contributed by atoms with Gasteiger partial charge in [0.05, 0.1) is 24.5 Å². The highest BCUT2D eigenvalue weighted by atomic mass is 127. The van der Waals surface area contributed by atoms with E-state index in [9.17, 15) is 9.18 Å². The van der Waals surface area contributed by atoms with Crippen molar-refractivity contribution in [3.63, 3.8) is 0 Å². The molecule has 0 unspecified atom stereocenters. The number of halogens is 2. The molecule has 0 N–H and O–H groups in total. The Morgan fingerprint density at radius 3 is 3.05 bits per heavy atom. The molecule has 3 rings (SSSR count). The van der Waals surface area contributed by atoms with E-state index in [0.717, 1.165) is 23.2 Å². The van der Waals surface area contributed by atoms with Crippen molar-refractivity contribution in [2.75, 3.05) is 13.3 Å². The van der Waals surface area contributed by atoms with Crippen LogP contribution in [-0.2, 0) is 24.1 Å². The van der Waals surface area contributed by atoms with E-state index >= 15 is 0 Å². The van der Waals surface area contributed by atoms with Crippen LogP contribution in [0.4, 0.5) is 4.39 Å². The number of hydrogen-bond donors (Lipinski definition) is 0. The minimum absolute atomic E-state index is 0.0851. The zero-order chi connectivity index (χ0) is 15.7. The summed E-state index contributed by atoms with van der Waals surface area (Å²) >= 11 is 2.03. The van der Waals surface area contributed by atoms with Crippen LogP contribution in [0.3, 0.4) is 0 Å². The third-order valence-electron chi connectivity index (χ3n) is 3.52. The smallest absolute Gasteiger partial charge is 0.359 e. The second-order valence-corrected chi connectivity index (χ2v) is 5.79. The zero-order valence-corrected chi connectivity index (χ0v) is 14.1. The minimum Gasteiger partial charge on any atom is -0.461 e. The van der Waals surface area contributed by atoms with Crippen molar-refractivity contribution < 1.29 is 13.9 Å². The molecule has 0 saturated heterocycles. The summed E-state index contributed by atoms with van der Waals surface area (Å²) in [5.41, 5.74) is 3.49. The van der Waals surface area contributed by atoms with Crippen molar-refractivity contribution in [3.05, 3.63) is 26.8 Å². The van der Waals surface area contributed by atoms with Gasteiger partial charge in [-0.25, -0.2) is 19.2 Å². The van der Waals surface area contributed by atoms with Crippen LogP contribution in [-0.4, -0.2) is 39.0 Å². The van der Waals surface area contributed by atoms with Gasteiger partial charge in [-0.15, -0.1) is 0 Å². The first-order valence-electron chi connectivity index (χ1n) is 7.00. The van der Waals surface area contributed by atoms with Gasteiger partial charge in [-0.1, -0.05) is 0 Å². The van der Waals surface area contributed by atoms with Gasteiger partial charge in [0, 0.05) is 34.4 Å². The first-order valence-corrected chi connectivity index (χ1v) is 8.08. The van der Waals surface area contributed by atoms with Crippen LogP contribution in [0.15, 0.2) is 6.20 Å². The number of carbonyl (C=O) groups excluding carboxylic acids is 1. The van der Waals surface area contributed by atoms with Gasteiger partial charge in [-0.3, -0.25) is 4.68 Å². The van der Waals surface area contributed by atoms with Crippen LogP contribution in [0, 0.1) is 3.83 Å². The van der Waals surface area contributed by atoms with Gasteiger partial charge in [-0.05, 0) is 25.3 Å². The van der Waals surface area contributed by atoms with E-state index in [1.54, 1.807) is 13.1 Å². The molecule has 0 radical (unpaired) electrons. The second-order valence-electron chi connectivity index (χ2n) is 4.82. The van der Waals surface area contributed by atoms with Crippen LogP contribution in [0.25, 0.3) is 11.4 Å². The number of ether oxygens (including phenoxy) is 1. The summed E-state index contributed by atoms with van der Waals surface area (Å²) in [6, 6.07) is 0. The maximum absolute atomic E-state index is 12.9. The summed E-state index contributed by atoms with van der Waals surface area (Å²) in [6.07, 6.45) is 3.16. The lowest BCUT2D eigenvalue weighted by molar-refractivity contribution is 0.0517. The Bertz CT molecular complexity index is 732. The van der Waals surface area contributed by atoms with E-state index in [1.807, 2.05) is 22.6 Å². The van der Waals surface area contributed by atoms with Crippen LogP contribution in [0.1, 0.15) is 28.5 Å². The molecule has 8 heteroatoms. The Kier molecular flexibility index (Phi) is 4.37. The fraction of sp³-hybridized carbons (Fsp3) is 0.429. The Morgan fingerprint density at radius 2 is 2.32 bits per heavy atom. The van der Waals surface area contributed by atoms with Crippen molar-refractivity contribution in [1.82, 2.24) is 19.7 Å². The molecule has 2 aromatic heterocycles. The van der Waals surface area contributed by atoms with Crippen molar-refractivity contribution in [1.29, 1.82) is 0 Å². The molecule has 0 bridgehead atoms. The predicted molar refractivity (Wildman–Crippen MR) is 85.3 cm³/mol. The fourth-order valence-electron chi connectivity index (χ4n) is 2.64. The summed E-state index contributed by atoms with van der Waals surface area (Å²) in [6.45, 7) is 1.55. The van der Waals surface area contributed by atoms with Crippen molar-refractivity contribution in [2.45, 2.75) is 26.3 Å². The predicted octanol–water partition coefficient (Wildman–Crippen LogP) is 2.19. The van der Waals surface area contributed by atoms with Crippen LogP contribution < -0.4 is 0 Å². The molecule has 0 spiro atoms. The lowest BCUT2D eigenvalue weighted by atomic mass is 9.93. The number of nitrogens with zero attached hydrogens (tertiary/aromatic N) is 4. The van der Waals surface area contributed by atoms with Gasteiger partial charge in [0.15, 0.2) is 9.53 Å². The molecule has 6 nitrogen and oxygen atoms in total. The maximum atomic E-state index is 12.9. The van der Waals surface area contributed by atoms with Gasteiger partial charge < -0.3 is 4.74 Å². The SMILES string of the molecule is CCOC(=O)c1nn(CCF)c2c1CCc1cnc(I)nc1-2. The molecule has 0 fully saturated rings. The summed E-state index contributed by atoms with van der Waals surface area (Å²) in [4.78, 5) is 20.7. The maximum Gasteiger partial charge on any atom is 0.359 e. The second kappa shape index (κ2) is 6.27. The number of aryl methyl sites for hydroxylation is 2. The number of carbonyl (C=O) groups is 1. The molecule has 1 aliphatic carbocycles. The largest absolute Gasteiger partial charge is 0.461 e. The highest BCUT2D eigenvalue weighted by Gasteiger charge is 2.30. The fourth-order valence-corrected chi connectivity index (χ4v) is 3.02. The van der Waals surface area contributed by atoms with Gasteiger partial charge in [0.25, 0.3) is 0 Å². The van der Waals surface area contributed by atoms with Crippen LogP contribution in [0.5, 0.6) is 0 Å². The van der Waals surface area contributed by atoms with E-state index < -0.39 is 12.6 Å². The molecule has 0 atom stereocenters. The van der Waals surface area contributed by atoms with Gasteiger partial charge in [-0.2, -0.15) is 5.10 Å². The molecule has 116 valence electrons. The first kappa shape index (κ1) is 15.3. The van der Waals surface area contributed by atoms with E-state index in [1.165, 1.54) is 4.68 Å². The summed E-state index contributed by atoms with van der Waals surface area (Å²) in [5, 5.41) is 4.27. The van der Waals surface area contributed by atoms with Gasteiger partial charge >= 0.3 is 5.97 Å². The van der Waals surface area contributed by atoms with E-state index in [-0.39, 0.29) is 18.8 Å². The van der Waals surface area contributed by atoms with Crippen molar-refractivity contribution in [3.8, 4) is 11.4 Å². The number of fused-ring (bicyclic) bond motifs is 3. The highest BCUT2D eigenvalue weighted by Crippen LogP contribution is 2.34. The quantitative estimate of drug-likeness (QED) is 0.434. The molecule has 0 amide bonds. The Labute approximate surface area is 140 Å². The number of aromatic nitrogens is 4. The molecule has 22 heavy (non-hydrogen) atoms. The summed E-state index contributed by atoms with van der Waals surface area (Å²) in [7, 11) is 0. The minimum atomic E-state index is -0.562. The zero-order valence-electron chi connectivity index (χ0n) is 12.0. The van der Waals surface area contributed by atoms with Crippen LogP contribution >= 0.6 is 22.6 Å². The lowest BCUT2D eigenvalue weighted by Gasteiger charge is -2.17. The number of rotatable bonds is 4. The molecule has 2 aromatic rings. The third-order valence-corrected chi connectivity index (χ3v) is 4.04. The first-order chi connectivity index (χ1) is 10.7. The van der Waals surface area contributed by atoms with E-state index in [0.29, 0.717) is 15.9 Å². The van der Waals surface area contributed by atoms with Crippen molar-refractivity contribution >= 4 is 28.6 Å². The van der Waals surface area contributed by atoms with Gasteiger partial charge in [0.2, 0.25) is 0 Å². The molecule has 1 aliphatic rings. The average Bonchev–Trinajstić information content (AvgIpc) is 2.87. The third kappa shape index (κ3) is 2.59. The molecule has 0 aromatic carbocycles. The topological polar surface area (TPSA) is 69.9 Å². The lowest BCUT2D eigenvalue weighted by Crippen LogP contribution is -2.13. The van der Waals surface area contributed by atoms with Gasteiger partial charge in [0.1, 0.15) is 6.67 Å². The van der Waals surface area contributed by atoms with E-state index in [2.05, 4.69) is 15.1 Å². The van der Waals surface area contributed by atoms with Crippen LogP contribution in [0.2, 0.25) is 0 Å². The number of esters is 1. The molecule has 0 aliphatic heterocycles. The molecule has 2 heterocycles. The van der Waals surface area contributed by atoms with Crippen molar-refractivity contribution in [2.24, 2.45) is 0 Å². The monoisotopic (exact) mass is 416 g/mol. The summed E-state index contributed by atoms with van der Waals surface area (Å²) < 4.78 is 20.0. The Hall–Kier alpha value is -1.58. The molecular weight excluding hydrogens is 402 g/mol. The molecular formula is C14H14FIN4O2. The normalized spacial score (nSPS) is 12.7. The average molecular weight is 416 g/mol. The Morgan fingerprint density at radius 1 is 1.50 bits per heavy atom. The standard InChI is InChI=1S/C14H14FIN4O2/c1-2-22-13(21)11-9-4-3-8-7-17-14(16)18-10(8)12(9)20(19-11)6-5-15/h7H,2-6H2,1H3. The number of hydrogen-bond acceptors (Lipinski definition) is 5. The molecule has 0 saturated carbocycles. The van der Waals surface area contributed by atoms with E-state index in [4.69, 9.17) is 4.74 Å². The number of alkyl halides is 1.